The molecule has 0 saturated carbocycles. The van der Waals surface area contributed by atoms with Crippen LogP contribution < -0.4 is 15.0 Å². The number of benzene rings is 3. The largest absolute Gasteiger partial charge is 0.489 e. The molecule has 0 aliphatic carbocycles. The van der Waals surface area contributed by atoms with Crippen molar-refractivity contribution in [1.82, 2.24) is 0 Å². The van der Waals surface area contributed by atoms with Crippen LogP contribution in [-0.2, 0) is 22.6 Å². The molecule has 3 aromatic rings. The molecule has 5 heteroatoms. The molecule has 3 aromatic carbocycles. The van der Waals surface area contributed by atoms with Crippen LogP contribution in [0.3, 0.4) is 0 Å². The first-order chi connectivity index (χ1) is 15.1. The van der Waals surface area contributed by atoms with E-state index in [4.69, 9.17) is 4.74 Å². The third-order valence-electron chi connectivity index (χ3n) is 5.52. The summed E-state index contributed by atoms with van der Waals surface area (Å²) in [5, 5.41) is 2.92. The SMILES string of the molecule is CCc1ccc(N2C[C@H](C(=O)Nc3ccc(OCc4ccccc4)cc3)CC2=O)cc1. The summed E-state index contributed by atoms with van der Waals surface area (Å²) in [5.74, 6) is 0.208. The van der Waals surface area contributed by atoms with Gasteiger partial charge in [0.15, 0.2) is 0 Å². The van der Waals surface area contributed by atoms with E-state index in [1.807, 2.05) is 78.9 Å². The van der Waals surface area contributed by atoms with Crippen LogP contribution in [0.1, 0.15) is 24.5 Å². The fourth-order valence-electron chi connectivity index (χ4n) is 3.66. The second kappa shape index (κ2) is 9.47. The number of nitrogens with one attached hydrogen (secondary N) is 1. The Bertz CT molecular complexity index is 1030. The number of carbonyl (C=O) groups is 2. The number of ether oxygens (including phenoxy) is 1. The topological polar surface area (TPSA) is 58.6 Å². The van der Waals surface area contributed by atoms with Crippen LogP contribution in [0.2, 0.25) is 0 Å². The number of aryl methyl sites for hydroxylation is 1. The van der Waals surface area contributed by atoms with Gasteiger partial charge < -0.3 is 15.0 Å². The summed E-state index contributed by atoms with van der Waals surface area (Å²) in [4.78, 5) is 26.9. The average Bonchev–Trinajstić information content (AvgIpc) is 3.21. The second-order valence-electron chi connectivity index (χ2n) is 7.71. The predicted molar refractivity (Wildman–Crippen MR) is 122 cm³/mol. The maximum Gasteiger partial charge on any atom is 0.229 e. The summed E-state index contributed by atoms with van der Waals surface area (Å²) in [6.07, 6.45) is 1.18. The number of carbonyl (C=O) groups excluding carboxylic acids is 2. The van der Waals surface area contributed by atoms with E-state index in [1.165, 1.54) is 5.56 Å². The summed E-state index contributed by atoms with van der Waals surface area (Å²) in [6, 6.07) is 25.2. The third-order valence-corrected chi connectivity index (χ3v) is 5.52. The fraction of sp³-hybridized carbons (Fsp3) is 0.231. The molecule has 1 N–H and O–H groups in total. The monoisotopic (exact) mass is 414 g/mol. The predicted octanol–water partition coefficient (Wildman–Crippen LogP) is 4.82. The molecule has 0 aromatic heterocycles. The Morgan fingerprint density at radius 1 is 0.968 bits per heavy atom. The van der Waals surface area contributed by atoms with Crippen LogP contribution in [0.4, 0.5) is 11.4 Å². The maximum atomic E-state index is 12.7. The number of anilines is 2. The van der Waals surface area contributed by atoms with Crippen molar-refractivity contribution >= 4 is 23.2 Å². The van der Waals surface area contributed by atoms with Gasteiger partial charge in [0.1, 0.15) is 12.4 Å². The van der Waals surface area contributed by atoms with Gasteiger partial charge in [-0.15, -0.1) is 0 Å². The first-order valence-electron chi connectivity index (χ1n) is 10.6. The van der Waals surface area contributed by atoms with Crippen LogP contribution in [0.15, 0.2) is 78.9 Å². The Kier molecular flexibility index (Phi) is 6.32. The second-order valence-corrected chi connectivity index (χ2v) is 7.71. The van der Waals surface area contributed by atoms with E-state index in [0.29, 0.717) is 18.8 Å². The molecule has 0 radical (unpaired) electrons. The number of rotatable bonds is 7. The Balaban J connectivity index is 1.32. The highest BCUT2D eigenvalue weighted by Gasteiger charge is 2.35. The minimum Gasteiger partial charge on any atom is -0.489 e. The summed E-state index contributed by atoms with van der Waals surface area (Å²) >= 11 is 0. The molecule has 1 aliphatic rings. The van der Waals surface area contributed by atoms with Crippen molar-refractivity contribution < 1.29 is 14.3 Å². The molecule has 1 fully saturated rings. The van der Waals surface area contributed by atoms with Gasteiger partial charge in [0.2, 0.25) is 11.8 Å². The number of amides is 2. The van der Waals surface area contributed by atoms with Gasteiger partial charge in [-0.2, -0.15) is 0 Å². The van der Waals surface area contributed by atoms with Crippen molar-refractivity contribution in [2.24, 2.45) is 5.92 Å². The molecule has 0 spiro atoms. The molecule has 31 heavy (non-hydrogen) atoms. The molecule has 2 amide bonds. The van der Waals surface area contributed by atoms with Crippen molar-refractivity contribution in [3.8, 4) is 5.75 Å². The van der Waals surface area contributed by atoms with Gasteiger partial charge in [0.25, 0.3) is 0 Å². The van der Waals surface area contributed by atoms with E-state index in [1.54, 1.807) is 4.90 Å². The molecule has 158 valence electrons. The zero-order valence-electron chi connectivity index (χ0n) is 17.6. The van der Waals surface area contributed by atoms with Crippen molar-refractivity contribution in [1.29, 1.82) is 0 Å². The van der Waals surface area contributed by atoms with Crippen LogP contribution >= 0.6 is 0 Å². The number of nitrogens with zero attached hydrogens (tertiary/aromatic N) is 1. The molecule has 0 unspecified atom stereocenters. The Hall–Kier alpha value is -3.60. The molecule has 1 saturated heterocycles. The highest BCUT2D eigenvalue weighted by atomic mass is 16.5. The van der Waals surface area contributed by atoms with Crippen LogP contribution in [0, 0.1) is 5.92 Å². The Labute approximate surface area is 182 Å². The minimum absolute atomic E-state index is 0.0194. The van der Waals surface area contributed by atoms with E-state index in [-0.39, 0.29) is 24.2 Å². The summed E-state index contributed by atoms with van der Waals surface area (Å²) in [6.45, 7) is 2.98. The van der Waals surface area contributed by atoms with Gasteiger partial charge in [-0.05, 0) is 53.9 Å². The Morgan fingerprint density at radius 3 is 2.35 bits per heavy atom. The summed E-state index contributed by atoms with van der Waals surface area (Å²) in [5.41, 5.74) is 3.85. The zero-order valence-corrected chi connectivity index (χ0v) is 17.6. The summed E-state index contributed by atoms with van der Waals surface area (Å²) < 4.78 is 5.78. The molecular formula is C26H26N2O3. The smallest absolute Gasteiger partial charge is 0.229 e. The van der Waals surface area contributed by atoms with Crippen molar-refractivity contribution in [2.75, 3.05) is 16.8 Å². The lowest BCUT2D eigenvalue weighted by Crippen LogP contribution is -2.28. The van der Waals surface area contributed by atoms with Gasteiger partial charge in [-0.1, -0.05) is 49.4 Å². The minimum atomic E-state index is -0.368. The van der Waals surface area contributed by atoms with Crippen LogP contribution in [0.5, 0.6) is 5.75 Å². The quantitative estimate of drug-likeness (QED) is 0.603. The van der Waals surface area contributed by atoms with Gasteiger partial charge in [-0.3, -0.25) is 9.59 Å². The first kappa shape index (κ1) is 20.7. The average molecular weight is 415 g/mol. The van der Waals surface area contributed by atoms with E-state index in [2.05, 4.69) is 12.2 Å². The van der Waals surface area contributed by atoms with E-state index in [0.717, 1.165) is 23.4 Å². The van der Waals surface area contributed by atoms with Crippen LogP contribution in [0.25, 0.3) is 0 Å². The van der Waals surface area contributed by atoms with Crippen molar-refractivity contribution in [3.05, 3.63) is 90.0 Å². The highest BCUT2D eigenvalue weighted by Crippen LogP contribution is 2.27. The molecule has 1 atom stereocenters. The van der Waals surface area contributed by atoms with Gasteiger partial charge in [0.05, 0.1) is 5.92 Å². The Morgan fingerprint density at radius 2 is 1.68 bits per heavy atom. The normalized spacial score (nSPS) is 15.7. The molecule has 0 bridgehead atoms. The highest BCUT2D eigenvalue weighted by molar-refractivity contribution is 6.03. The maximum absolute atomic E-state index is 12.7. The molecule has 1 aliphatic heterocycles. The van der Waals surface area contributed by atoms with Crippen molar-refractivity contribution in [3.63, 3.8) is 0 Å². The lowest BCUT2D eigenvalue weighted by Gasteiger charge is -2.17. The fourth-order valence-corrected chi connectivity index (χ4v) is 3.66. The molecule has 1 heterocycles. The lowest BCUT2D eigenvalue weighted by atomic mass is 10.1. The van der Waals surface area contributed by atoms with Gasteiger partial charge >= 0.3 is 0 Å². The van der Waals surface area contributed by atoms with E-state index < -0.39 is 0 Å². The number of hydrogen-bond donors (Lipinski definition) is 1. The zero-order chi connectivity index (χ0) is 21.6. The van der Waals surface area contributed by atoms with Crippen molar-refractivity contribution in [2.45, 2.75) is 26.4 Å². The van der Waals surface area contributed by atoms with E-state index in [9.17, 15) is 9.59 Å². The van der Waals surface area contributed by atoms with Gasteiger partial charge in [0, 0.05) is 24.3 Å². The molecule has 5 nitrogen and oxygen atoms in total. The molecular weight excluding hydrogens is 388 g/mol. The summed E-state index contributed by atoms with van der Waals surface area (Å²) in [7, 11) is 0. The standard InChI is InChI=1S/C26H26N2O3/c1-2-19-8-12-23(13-9-19)28-17-21(16-25(28)29)26(30)27-22-10-14-24(15-11-22)31-18-20-6-4-3-5-7-20/h3-15,21H,2,16-18H2,1H3,(H,27,30)/t21-/m1/s1. The first-order valence-corrected chi connectivity index (χ1v) is 10.6. The molecule has 4 rings (SSSR count). The number of hydrogen-bond acceptors (Lipinski definition) is 3. The van der Waals surface area contributed by atoms with E-state index >= 15 is 0 Å². The van der Waals surface area contributed by atoms with Crippen LogP contribution in [-0.4, -0.2) is 18.4 Å². The third kappa shape index (κ3) is 5.12. The van der Waals surface area contributed by atoms with Gasteiger partial charge in [-0.25, -0.2) is 0 Å². The lowest BCUT2D eigenvalue weighted by molar-refractivity contribution is -0.122.